The Hall–Kier alpha value is -3.25. The number of anilines is 1. The van der Waals surface area contributed by atoms with E-state index in [1.165, 1.54) is 0 Å². The zero-order chi connectivity index (χ0) is 22.5. The van der Waals surface area contributed by atoms with Crippen molar-refractivity contribution in [1.29, 1.82) is 0 Å². The molecular weight excluding hydrogens is 418 g/mol. The predicted octanol–water partition coefficient (Wildman–Crippen LogP) is 4.77. The van der Waals surface area contributed by atoms with E-state index in [2.05, 4.69) is 17.6 Å². The highest BCUT2D eigenvalue weighted by atomic mass is 32.1. The van der Waals surface area contributed by atoms with Gasteiger partial charge in [0.15, 0.2) is 5.11 Å². The molecule has 164 valence electrons. The lowest BCUT2D eigenvalue weighted by atomic mass is 9.98. The minimum Gasteiger partial charge on any atom is -0.339 e. The fraction of sp³-hybridized carbons (Fsp3) is 0.269. The molecule has 1 saturated heterocycles. The molecule has 1 aliphatic heterocycles. The van der Waals surface area contributed by atoms with Crippen molar-refractivity contribution in [2.45, 2.75) is 26.2 Å². The molecule has 0 radical (unpaired) electrons. The first-order valence-electron chi connectivity index (χ1n) is 11.0. The monoisotopic (exact) mass is 445 g/mol. The van der Waals surface area contributed by atoms with Gasteiger partial charge in [-0.1, -0.05) is 49.4 Å². The molecule has 3 aromatic rings. The van der Waals surface area contributed by atoms with Gasteiger partial charge in [0.2, 0.25) is 5.91 Å². The molecule has 6 heteroatoms. The molecular formula is C26H27N3O2S. The minimum absolute atomic E-state index is 0.0643. The molecule has 0 saturated carbocycles. The number of rotatable bonds is 4. The highest BCUT2D eigenvalue weighted by Gasteiger charge is 2.21. The molecule has 0 bridgehead atoms. The molecule has 0 atom stereocenters. The Bertz CT molecular complexity index is 1130. The van der Waals surface area contributed by atoms with Crippen molar-refractivity contribution in [3.63, 3.8) is 0 Å². The first-order chi connectivity index (χ1) is 15.5. The van der Waals surface area contributed by atoms with Crippen LogP contribution in [-0.2, 0) is 11.2 Å². The van der Waals surface area contributed by atoms with Crippen molar-refractivity contribution in [3.8, 4) is 0 Å². The average molecular weight is 446 g/mol. The lowest BCUT2D eigenvalue weighted by Gasteiger charge is -2.30. The molecule has 1 aliphatic rings. The maximum absolute atomic E-state index is 12.7. The van der Waals surface area contributed by atoms with Crippen molar-refractivity contribution >= 4 is 45.6 Å². The predicted molar refractivity (Wildman–Crippen MR) is 133 cm³/mol. The van der Waals surface area contributed by atoms with Gasteiger partial charge in [0.1, 0.15) is 0 Å². The van der Waals surface area contributed by atoms with Crippen molar-refractivity contribution in [3.05, 3.63) is 77.9 Å². The Balaban J connectivity index is 1.32. The number of fused-ring (bicyclic) bond motifs is 1. The van der Waals surface area contributed by atoms with Crippen LogP contribution in [0.3, 0.4) is 0 Å². The van der Waals surface area contributed by atoms with Crippen LogP contribution in [0, 0.1) is 5.92 Å². The van der Waals surface area contributed by atoms with Crippen molar-refractivity contribution in [1.82, 2.24) is 10.2 Å². The molecule has 0 spiro atoms. The summed E-state index contributed by atoms with van der Waals surface area (Å²) in [5.74, 6) is 0.571. The normalized spacial score (nSPS) is 14.2. The fourth-order valence-corrected chi connectivity index (χ4v) is 4.27. The van der Waals surface area contributed by atoms with Crippen LogP contribution in [0.5, 0.6) is 0 Å². The van der Waals surface area contributed by atoms with Gasteiger partial charge in [0.25, 0.3) is 5.91 Å². The molecule has 0 unspecified atom stereocenters. The number of carbonyl (C=O) groups excluding carboxylic acids is 2. The van der Waals surface area contributed by atoms with Gasteiger partial charge in [-0.25, -0.2) is 0 Å². The van der Waals surface area contributed by atoms with Crippen molar-refractivity contribution in [2.24, 2.45) is 5.92 Å². The summed E-state index contributed by atoms with van der Waals surface area (Å²) in [5.41, 5.74) is 2.35. The number of nitrogens with zero attached hydrogens (tertiary/aromatic N) is 1. The molecule has 1 heterocycles. The largest absolute Gasteiger partial charge is 0.339 e. The maximum atomic E-state index is 12.7. The van der Waals surface area contributed by atoms with Crippen LogP contribution in [0.25, 0.3) is 10.8 Å². The number of amides is 2. The van der Waals surface area contributed by atoms with E-state index in [4.69, 9.17) is 12.2 Å². The van der Waals surface area contributed by atoms with E-state index in [0.29, 0.717) is 11.5 Å². The lowest BCUT2D eigenvalue weighted by molar-refractivity contribution is -0.119. The first kappa shape index (κ1) is 22.0. The van der Waals surface area contributed by atoms with Gasteiger partial charge in [-0.2, -0.15) is 0 Å². The number of carbonyl (C=O) groups is 2. The summed E-state index contributed by atoms with van der Waals surface area (Å²) in [7, 11) is 0. The quantitative estimate of drug-likeness (QED) is 0.568. The van der Waals surface area contributed by atoms with E-state index in [0.717, 1.165) is 48.0 Å². The van der Waals surface area contributed by atoms with Crippen LogP contribution in [0.15, 0.2) is 66.7 Å². The second-order valence-corrected chi connectivity index (χ2v) is 8.78. The first-order valence-corrected chi connectivity index (χ1v) is 11.4. The molecule has 32 heavy (non-hydrogen) atoms. The Morgan fingerprint density at radius 3 is 2.41 bits per heavy atom. The van der Waals surface area contributed by atoms with E-state index in [1.807, 2.05) is 59.5 Å². The summed E-state index contributed by atoms with van der Waals surface area (Å²) < 4.78 is 0. The van der Waals surface area contributed by atoms with Gasteiger partial charge in [-0.05, 0) is 71.6 Å². The standard InChI is InChI=1S/C26H27N3O2S/c1-18-13-15-29(16-14-18)25(31)20-9-11-22(12-10-20)27-26(32)28-24(30)17-21-7-4-6-19-5-2-3-8-23(19)21/h2-12,18H,13-17H2,1H3,(H2,27,28,30,32). The van der Waals surface area contributed by atoms with E-state index in [9.17, 15) is 9.59 Å². The number of hydrogen-bond donors (Lipinski definition) is 2. The van der Waals surface area contributed by atoms with Gasteiger partial charge >= 0.3 is 0 Å². The second-order valence-electron chi connectivity index (χ2n) is 8.37. The number of hydrogen-bond acceptors (Lipinski definition) is 3. The third-order valence-electron chi connectivity index (χ3n) is 5.94. The van der Waals surface area contributed by atoms with E-state index in [1.54, 1.807) is 12.1 Å². The van der Waals surface area contributed by atoms with Crippen LogP contribution in [0.2, 0.25) is 0 Å². The van der Waals surface area contributed by atoms with Gasteiger partial charge in [0.05, 0.1) is 6.42 Å². The number of benzene rings is 3. The number of likely N-dealkylation sites (tertiary alicyclic amines) is 1. The van der Waals surface area contributed by atoms with E-state index in [-0.39, 0.29) is 23.3 Å². The Morgan fingerprint density at radius 1 is 0.969 bits per heavy atom. The molecule has 3 aromatic carbocycles. The molecule has 2 N–H and O–H groups in total. The molecule has 0 aliphatic carbocycles. The molecule has 1 fully saturated rings. The van der Waals surface area contributed by atoms with Crippen LogP contribution in [0.1, 0.15) is 35.7 Å². The highest BCUT2D eigenvalue weighted by molar-refractivity contribution is 7.80. The third-order valence-corrected chi connectivity index (χ3v) is 6.15. The van der Waals surface area contributed by atoms with Gasteiger partial charge in [0, 0.05) is 24.3 Å². The molecule has 4 rings (SSSR count). The van der Waals surface area contributed by atoms with E-state index < -0.39 is 0 Å². The topological polar surface area (TPSA) is 61.4 Å². The summed E-state index contributed by atoms with van der Waals surface area (Å²) in [5, 5.41) is 8.16. The van der Waals surface area contributed by atoms with Crippen molar-refractivity contribution < 1.29 is 9.59 Å². The van der Waals surface area contributed by atoms with Crippen LogP contribution in [0.4, 0.5) is 5.69 Å². The van der Waals surface area contributed by atoms with Gasteiger partial charge < -0.3 is 15.5 Å². The number of nitrogens with one attached hydrogen (secondary N) is 2. The van der Waals surface area contributed by atoms with Crippen LogP contribution in [-0.4, -0.2) is 34.9 Å². The Kier molecular flexibility index (Phi) is 6.81. The molecule has 0 aromatic heterocycles. The highest BCUT2D eigenvalue weighted by Crippen LogP contribution is 2.20. The smallest absolute Gasteiger partial charge is 0.253 e. The zero-order valence-electron chi connectivity index (χ0n) is 18.1. The van der Waals surface area contributed by atoms with Crippen LogP contribution < -0.4 is 10.6 Å². The molecule has 5 nitrogen and oxygen atoms in total. The summed E-state index contributed by atoms with van der Waals surface area (Å²) in [6.45, 7) is 3.85. The average Bonchev–Trinajstić information content (AvgIpc) is 2.80. The number of piperidine rings is 1. The summed E-state index contributed by atoms with van der Waals surface area (Å²) in [6, 6.07) is 21.1. The van der Waals surface area contributed by atoms with Crippen LogP contribution >= 0.6 is 12.2 Å². The molecule has 2 amide bonds. The van der Waals surface area contributed by atoms with Gasteiger partial charge in [-0.3, -0.25) is 9.59 Å². The summed E-state index contributed by atoms with van der Waals surface area (Å²) in [6.07, 6.45) is 2.35. The maximum Gasteiger partial charge on any atom is 0.253 e. The summed E-state index contributed by atoms with van der Waals surface area (Å²) in [4.78, 5) is 27.1. The third kappa shape index (κ3) is 5.32. The lowest BCUT2D eigenvalue weighted by Crippen LogP contribution is -2.37. The minimum atomic E-state index is -0.176. The summed E-state index contributed by atoms with van der Waals surface area (Å²) >= 11 is 5.30. The number of thiocarbonyl (C=S) groups is 1. The Labute approximate surface area is 193 Å². The fourth-order valence-electron chi connectivity index (χ4n) is 4.04. The van der Waals surface area contributed by atoms with E-state index >= 15 is 0 Å². The SMILES string of the molecule is CC1CCN(C(=O)c2ccc(NC(=S)NC(=O)Cc3cccc4ccccc34)cc2)CC1. The zero-order valence-corrected chi connectivity index (χ0v) is 19.0. The van der Waals surface area contributed by atoms with Gasteiger partial charge in [-0.15, -0.1) is 0 Å². The Morgan fingerprint density at radius 2 is 1.66 bits per heavy atom. The second kappa shape index (κ2) is 9.92. The van der Waals surface area contributed by atoms with Crippen molar-refractivity contribution in [2.75, 3.05) is 18.4 Å².